The van der Waals surface area contributed by atoms with Crippen LogP contribution in [0.5, 0.6) is 11.5 Å². The summed E-state index contributed by atoms with van der Waals surface area (Å²) >= 11 is 0. The highest BCUT2D eigenvalue weighted by Gasteiger charge is 2.12. The predicted octanol–water partition coefficient (Wildman–Crippen LogP) is 1.19. The number of hydrogen-bond donors (Lipinski definition) is 3. The van der Waals surface area contributed by atoms with E-state index in [-0.39, 0.29) is 29.4 Å². The lowest BCUT2D eigenvalue weighted by molar-refractivity contribution is 0.0946. The fraction of sp³-hybridized carbons (Fsp3) is 0.238. The SMILES string of the molecule is COc1ccc(COc2cn(C)c(C(=O)NCCNc3cncnc3N)cc2=O)cc1. The smallest absolute Gasteiger partial charge is 0.268 e. The highest BCUT2D eigenvalue weighted by atomic mass is 16.5. The summed E-state index contributed by atoms with van der Waals surface area (Å²) in [6, 6.07) is 8.61. The number of pyridine rings is 1. The lowest BCUT2D eigenvalue weighted by Crippen LogP contribution is -2.31. The molecule has 0 spiro atoms. The number of nitrogen functional groups attached to an aromatic ring is 1. The van der Waals surface area contributed by atoms with Gasteiger partial charge in [-0.1, -0.05) is 12.1 Å². The van der Waals surface area contributed by atoms with Crippen molar-refractivity contribution < 1.29 is 14.3 Å². The van der Waals surface area contributed by atoms with Crippen molar-refractivity contribution in [3.8, 4) is 11.5 Å². The van der Waals surface area contributed by atoms with E-state index >= 15 is 0 Å². The van der Waals surface area contributed by atoms with E-state index in [0.717, 1.165) is 11.3 Å². The van der Waals surface area contributed by atoms with Gasteiger partial charge in [0.05, 0.1) is 25.2 Å². The van der Waals surface area contributed by atoms with Crippen LogP contribution in [-0.4, -0.2) is 40.6 Å². The Bertz CT molecular complexity index is 1100. The van der Waals surface area contributed by atoms with Crippen molar-refractivity contribution in [2.45, 2.75) is 6.61 Å². The molecule has 0 aliphatic carbocycles. The molecule has 2 heterocycles. The van der Waals surface area contributed by atoms with Gasteiger partial charge in [0.15, 0.2) is 5.75 Å². The number of aryl methyl sites for hydroxylation is 1. The molecule has 0 aliphatic heterocycles. The molecule has 10 nitrogen and oxygen atoms in total. The molecular weight excluding hydrogens is 400 g/mol. The zero-order chi connectivity index (χ0) is 22.2. The Hall–Kier alpha value is -4.08. The summed E-state index contributed by atoms with van der Waals surface area (Å²) in [5, 5.41) is 5.78. The van der Waals surface area contributed by atoms with Crippen molar-refractivity contribution in [1.29, 1.82) is 0 Å². The molecule has 0 fully saturated rings. The van der Waals surface area contributed by atoms with E-state index in [9.17, 15) is 9.59 Å². The number of amides is 1. The lowest BCUT2D eigenvalue weighted by Gasteiger charge is -2.13. The molecule has 0 saturated carbocycles. The lowest BCUT2D eigenvalue weighted by atomic mass is 10.2. The van der Waals surface area contributed by atoms with E-state index < -0.39 is 0 Å². The third-order valence-electron chi connectivity index (χ3n) is 4.46. The maximum atomic E-state index is 12.4. The molecule has 3 aromatic rings. The Morgan fingerprint density at radius 3 is 2.71 bits per heavy atom. The van der Waals surface area contributed by atoms with Gasteiger partial charge in [-0.25, -0.2) is 9.97 Å². The number of carbonyl (C=O) groups excluding carboxylic acids is 1. The summed E-state index contributed by atoms with van der Waals surface area (Å²) in [5.41, 5.74) is 7.05. The van der Waals surface area contributed by atoms with E-state index in [1.54, 1.807) is 24.9 Å². The minimum atomic E-state index is -0.375. The average Bonchev–Trinajstić information content (AvgIpc) is 2.78. The summed E-state index contributed by atoms with van der Waals surface area (Å²) in [5.74, 6) is 0.858. The van der Waals surface area contributed by atoms with Crippen LogP contribution < -0.4 is 31.3 Å². The van der Waals surface area contributed by atoms with E-state index in [2.05, 4.69) is 20.6 Å². The van der Waals surface area contributed by atoms with Crippen molar-refractivity contribution in [3.63, 3.8) is 0 Å². The maximum Gasteiger partial charge on any atom is 0.268 e. The molecule has 1 aromatic carbocycles. The van der Waals surface area contributed by atoms with E-state index in [0.29, 0.717) is 24.6 Å². The van der Waals surface area contributed by atoms with Crippen molar-refractivity contribution in [3.05, 3.63) is 70.5 Å². The molecule has 0 atom stereocenters. The first-order valence-electron chi connectivity index (χ1n) is 9.52. The molecule has 162 valence electrons. The van der Waals surface area contributed by atoms with Gasteiger partial charge >= 0.3 is 0 Å². The summed E-state index contributed by atoms with van der Waals surface area (Å²) < 4.78 is 12.3. The van der Waals surface area contributed by atoms with Crippen LogP contribution in [0.15, 0.2) is 53.8 Å². The van der Waals surface area contributed by atoms with E-state index in [1.807, 2.05) is 24.3 Å². The largest absolute Gasteiger partial charge is 0.497 e. The number of benzene rings is 1. The molecule has 0 unspecified atom stereocenters. The normalized spacial score (nSPS) is 10.4. The fourth-order valence-electron chi connectivity index (χ4n) is 2.76. The van der Waals surface area contributed by atoms with Gasteiger partial charge < -0.3 is 30.4 Å². The number of ether oxygens (including phenoxy) is 2. The number of aromatic nitrogens is 3. The third-order valence-corrected chi connectivity index (χ3v) is 4.46. The monoisotopic (exact) mass is 424 g/mol. The van der Waals surface area contributed by atoms with Crippen LogP contribution >= 0.6 is 0 Å². The molecule has 0 saturated heterocycles. The molecule has 0 bridgehead atoms. The molecule has 1 amide bonds. The first-order valence-corrected chi connectivity index (χ1v) is 9.52. The van der Waals surface area contributed by atoms with E-state index in [4.69, 9.17) is 15.2 Å². The van der Waals surface area contributed by atoms with Gasteiger partial charge in [0, 0.05) is 26.2 Å². The number of anilines is 2. The Morgan fingerprint density at radius 2 is 2.00 bits per heavy atom. The topological polar surface area (TPSA) is 133 Å². The van der Waals surface area contributed by atoms with Crippen molar-refractivity contribution in [2.24, 2.45) is 7.05 Å². The van der Waals surface area contributed by atoms with Gasteiger partial charge in [-0.2, -0.15) is 0 Å². The quantitative estimate of drug-likeness (QED) is 0.436. The second kappa shape index (κ2) is 10.1. The zero-order valence-electron chi connectivity index (χ0n) is 17.3. The van der Waals surface area contributed by atoms with Crippen LogP contribution in [0.4, 0.5) is 11.5 Å². The standard InChI is InChI=1S/C21H24N6O4/c1-27-11-19(31-12-14-3-5-15(30-2)6-4-14)18(28)9-17(27)21(29)25-8-7-24-16-10-23-13-26-20(16)22/h3-6,9-11,13,24H,7-8,12H2,1-2H3,(H,25,29)(H2,22,23,26). The van der Waals surface area contributed by atoms with Gasteiger partial charge in [-0.05, 0) is 17.7 Å². The molecule has 4 N–H and O–H groups in total. The highest BCUT2D eigenvalue weighted by molar-refractivity contribution is 5.92. The number of nitrogens with one attached hydrogen (secondary N) is 2. The molecule has 3 rings (SSSR count). The second-order valence-corrected chi connectivity index (χ2v) is 6.64. The van der Waals surface area contributed by atoms with Gasteiger partial charge in [0.1, 0.15) is 30.2 Å². The summed E-state index contributed by atoms with van der Waals surface area (Å²) in [7, 11) is 3.27. The van der Waals surface area contributed by atoms with Gasteiger partial charge in [0.2, 0.25) is 5.43 Å². The maximum absolute atomic E-state index is 12.4. The minimum Gasteiger partial charge on any atom is -0.497 e. The molecule has 10 heteroatoms. The summed E-state index contributed by atoms with van der Waals surface area (Å²) in [4.78, 5) is 32.6. The van der Waals surface area contributed by atoms with Crippen molar-refractivity contribution >= 4 is 17.4 Å². The fourth-order valence-corrected chi connectivity index (χ4v) is 2.76. The van der Waals surface area contributed by atoms with Crippen LogP contribution in [0.1, 0.15) is 16.1 Å². The first-order chi connectivity index (χ1) is 15.0. The Morgan fingerprint density at radius 1 is 1.23 bits per heavy atom. The molecule has 0 aliphatic rings. The predicted molar refractivity (Wildman–Crippen MR) is 116 cm³/mol. The van der Waals surface area contributed by atoms with Crippen LogP contribution in [0.25, 0.3) is 0 Å². The van der Waals surface area contributed by atoms with Crippen molar-refractivity contribution in [1.82, 2.24) is 19.9 Å². The van der Waals surface area contributed by atoms with Crippen LogP contribution in [0, 0.1) is 0 Å². The third kappa shape index (κ3) is 5.72. The summed E-state index contributed by atoms with van der Waals surface area (Å²) in [6.45, 7) is 0.959. The number of hydrogen-bond acceptors (Lipinski definition) is 8. The highest BCUT2D eigenvalue weighted by Crippen LogP contribution is 2.14. The van der Waals surface area contributed by atoms with Gasteiger partial charge in [-0.15, -0.1) is 0 Å². The van der Waals surface area contributed by atoms with E-state index in [1.165, 1.54) is 18.6 Å². The zero-order valence-corrected chi connectivity index (χ0v) is 17.3. The minimum absolute atomic E-state index is 0.163. The van der Waals surface area contributed by atoms with Gasteiger partial charge in [-0.3, -0.25) is 9.59 Å². The number of methoxy groups -OCH3 is 1. The number of nitrogens with zero attached hydrogens (tertiary/aromatic N) is 3. The Kier molecular flexibility index (Phi) is 7.05. The Balaban J connectivity index is 1.55. The molecule has 2 aromatic heterocycles. The van der Waals surface area contributed by atoms with Crippen molar-refractivity contribution in [2.75, 3.05) is 31.2 Å². The number of carbonyl (C=O) groups is 1. The van der Waals surface area contributed by atoms with Crippen LogP contribution in [-0.2, 0) is 13.7 Å². The first kappa shape index (κ1) is 21.6. The molecular formula is C21H24N6O4. The summed E-state index contributed by atoms with van der Waals surface area (Å²) in [6.07, 6.45) is 4.41. The molecule has 0 radical (unpaired) electrons. The average molecular weight is 424 g/mol. The van der Waals surface area contributed by atoms with Crippen LogP contribution in [0.3, 0.4) is 0 Å². The second-order valence-electron chi connectivity index (χ2n) is 6.64. The van der Waals surface area contributed by atoms with Gasteiger partial charge in [0.25, 0.3) is 5.91 Å². The number of nitrogens with two attached hydrogens (primary N) is 1. The number of rotatable bonds is 9. The Labute approximate surface area is 179 Å². The molecule has 31 heavy (non-hydrogen) atoms. The van der Waals surface area contributed by atoms with Crippen LogP contribution in [0.2, 0.25) is 0 Å².